The Hall–Kier alpha value is -1.61. The van der Waals surface area contributed by atoms with Gasteiger partial charge in [0, 0.05) is 18.0 Å². The Morgan fingerprint density at radius 3 is 2.76 bits per heavy atom. The first-order valence-electron chi connectivity index (χ1n) is 5.86. The third-order valence-electron chi connectivity index (χ3n) is 2.65. The highest BCUT2D eigenvalue weighted by Crippen LogP contribution is 2.23. The van der Waals surface area contributed by atoms with E-state index in [-0.39, 0.29) is 0 Å². The standard InChI is InChI=1S/C14H18N2O/c1-10(2)15-9-12-8-7-11-5-4-6-13(17-3)14(11)16-12/h4-8,10,15H,9H2,1-3H3. The highest BCUT2D eigenvalue weighted by atomic mass is 16.5. The summed E-state index contributed by atoms with van der Waals surface area (Å²) in [4.78, 5) is 4.63. The summed E-state index contributed by atoms with van der Waals surface area (Å²) in [6.45, 7) is 5.04. The van der Waals surface area contributed by atoms with E-state index in [2.05, 4.69) is 36.3 Å². The summed E-state index contributed by atoms with van der Waals surface area (Å²) in [7, 11) is 1.68. The molecule has 0 aliphatic rings. The van der Waals surface area contributed by atoms with E-state index in [1.807, 2.05) is 18.2 Å². The van der Waals surface area contributed by atoms with Crippen LogP contribution in [-0.2, 0) is 6.54 Å². The average Bonchev–Trinajstić information content (AvgIpc) is 2.35. The first-order valence-corrected chi connectivity index (χ1v) is 5.86. The summed E-state index contributed by atoms with van der Waals surface area (Å²) in [5.41, 5.74) is 1.97. The van der Waals surface area contributed by atoms with E-state index >= 15 is 0 Å². The molecule has 0 unspecified atom stereocenters. The van der Waals surface area contributed by atoms with Gasteiger partial charge in [0.25, 0.3) is 0 Å². The van der Waals surface area contributed by atoms with Crippen molar-refractivity contribution in [1.29, 1.82) is 0 Å². The van der Waals surface area contributed by atoms with E-state index in [1.165, 1.54) is 0 Å². The largest absolute Gasteiger partial charge is 0.494 e. The number of aromatic nitrogens is 1. The average molecular weight is 230 g/mol. The molecule has 0 saturated heterocycles. The Balaban J connectivity index is 2.34. The van der Waals surface area contributed by atoms with Crippen LogP contribution in [0.15, 0.2) is 30.3 Å². The summed E-state index contributed by atoms with van der Waals surface area (Å²) in [5.74, 6) is 0.828. The van der Waals surface area contributed by atoms with Crippen LogP contribution in [0.3, 0.4) is 0 Å². The number of fused-ring (bicyclic) bond motifs is 1. The molecular weight excluding hydrogens is 212 g/mol. The molecule has 0 spiro atoms. The molecule has 2 rings (SSSR count). The number of nitrogens with zero attached hydrogens (tertiary/aromatic N) is 1. The van der Waals surface area contributed by atoms with Gasteiger partial charge >= 0.3 is 0 Å². The van der Waals surface area contributed by atoms with Gasteiger partial charge in [-0.1, -0.05) is 32.0 Å². The number of para-hydroxylation sites is 1. The molecule has 0 fully saturated rings. The van der Waals surface area contributed by atoms with Gasteiger partial charge in [0.15, 0.2) is 0 Å². The van der Waals surface area contributed by atoms with Crippen LogP contribution < -0.4 is 10.1 Å². The lowest BCUT2D eigenvalue weighted by Gasteiger charge is -2.09. The number of benzene rings is 1. The fourth-order valence-electron chi connectivity index (χ4n) is 1.73. The summed E-state index contributed by atoms with van der Waals surface area (Å²) in [6, 6.07) is 10.6. The van der Waals surface area contributed by atoms with Crippen LogP contribution in [-0.4, -0.2) is 18.1 Å². The molecule has 0 aliphatic heterocycles. The van der Waals surface area contributed by atoms with Gasteiger partial charge < -0.3 is 10.1 Å². The minimum Gasteiger partial charge on any atom is -0.494 e. The van der Waals surface area contributed by atoms with Crippen molar-refractivity contribution in [2.75, 3.05) is 7.11 Å². The zero-order chi connectivity index (χ0) is 12.3. The van der Waals surface area contributed by atoms with Crippen molar-refractivity contribution in [3.63, 3.8) is 0 Å². The van der Waals surface area contributed by atoms with Crippen molar-refractivity contribution in [2.24, 2.45) is 0 Å². The zero-order valence-corrected chi connectivity index (χ0v) is 10.5. The van der Waals surface area contributed by atoms with Crippen molar-refractivity contribution in [1.82, 2.24) is 10.3 Å². The molecule has 90 valence electrons. The number of ether oxygens (including phenoxy) is 1. The number of hydrogen-bond donors (Lipinski definition) is 1. The Labute approximate surface area is 102 Å². The van der Waals surface area contributed by atoms with Gasteiger partial charge in [-0.15, -0.1) is 0 Å². The first-order chi connectivity index (χ1) is 8.20. The molecule has 1 aromatic carbocycles. The second kappa shape index (κ2) is 5.15. The number of nitrogens with one attached hydrogen (secondary N) is 1. The fourth-order valence-corrected chi connectivity index (χ4v) is 1.73. The zero-order valence-electron chi connectivity index (χ0n) is 10.5. The van der Waals surface area contributed by atoms with E-state index in [1.54, 1.807) is 7.11 Å². The first kappa shape index (κ1) is 11.9. The summed E-state index contributed by atoms with van der Waals surface area (Å²) in [5, 5.41) is 4.47. The number of rotatable bonds is 4. The van der Waals surface area contributed by atoms with E-state index in [0.717, 1.165) is 28.9 Å². The van der Waals surface area contributed by atoms with E-state index in [9.17, 15) is 0 Å². The monoisotopic (exact) mass is 230 g/mol. The summed E-state index contributed by atoms with van der Waals surface area (Å²) in [6.07, 6.45) is 0. The number of methoxy groups -OCH3 is 1. The van der Waals surface area contributed by atoms with Crippen LogP contribution in [0.5, 0.6) is 5.75 Å². The van der Waals surface area contributed by atoms with Crippen molar-refractivity contribution in [3.8, 4) is 5.75 Å². The number of pyridine rings is 1. The predicted octanol–water partition coefficient (Wildman–Crippen LogP) is 2.74. The molecule has 0 radical (unpaired) electrons. The van der Waals surface area contributed by atoms with Crippen LogP contribution in [0, 0.1) is 0 Å². The van der Waals surface area contributed by atoms with Crippen molar-refractivity contribution >= 4 is 10.9 Å². The normalized spacial score (nSPS) is 11.1. The van der Waals surface area contributed by atoms with Crippen LogP contribution in [0.25, 0.3) is 10.9 Å². The van der Waals surface area contributed by atoms with Gasteiger partial charge in [0.05, 0.1) is 12.8 Å². The Morgan fingerprint density at radius 2 is 2.06 bits per heavy atom. The van der Waals surface area contributed by atoms with E-state index in [0.29, 0.717) is 6.04 Å². The molecule has 0 bridgehead atoms. The van der Waals surface area contributed by atoms with Crippen LogP contribution in [0.1, 0.15) is 19.5 Å². The Kier molecular flexibility index (Phi) is 3.59. The van der Waals surface area contributed by atoms with Crippen LogP contribution >= 0.6 is 0 Å². The molecule has 1 heterocycles. The minimum atomic E-state index is 0.463. The van der Waals surface area contributed by atoms with E-state index < -0.39 is 0 Å². The van der Waals surface area contributed by atoms with Gasteiger partial charge in [-0.05, 0) is 12.1 Å². The van der Waals surface area contributed by atoms with Gasteiger partial charge in [-0.2, -0.15) is 0 Å². The highest BCUT2D eigenvalue weighted by Gasteiger charge is 2.04. The third-order valence-corrected chi connectivity index (χ3v) is 2.65. The minimum absolute atomic E-state index is 0.463. The maximum absolute atomic E-state index is 5.33. The Morgan fingerprint density at radius 1 is 1.24 bits per heavy atom. The maximum Gasteiger partial charge on any atom is 0.145 e. The van der Waals surface area contributed by atoms with Crippen molar-refractivity contribution in [2.45, 2.75) is 26.4 Å². The van der Waals surface area contributed by atoms with Crippen LogP contribution in [0.4, 0.5) is 0 Å². The molecular formula is C14H18N2O. The van der Waals surface area contributed by atoms with Crippen LogP contribution in [0.2, 0.25) is 0 Å². The summed E-state index contributed by atoms with van der Waals surface area (Å²) >= 11 is 0. The quantitative estimate of drug-likeness (QED) is 0.877. The molecule has 0 amide bonds. The summed E-state index contributed by atoms with van der Waals surface area (Å²) < 4.78 is 5.33. The lowest BCUT2D eigenvalue weighted by Crippen LogP contribution is -2.22. The van der Waals surface area contributed by atoms with Crippen molar-refractivity contribution < 1.29 is 4.74 Å². The van der Waals surface area contributed by atoms with Gasteiger partial charge in [0.1, 0.15) is 11.3 Å². The smallest absolute Gasteiger partial charge is 0.145 e. The predicted molar refractivity (Wildman–Crippen MR) is 70.3 cm³/mol. The maximum atomic E-state index is 5.33. The topological polar surface area (TPSA) is 34.1 Å². The molecule has 1 aromatic heterocycles. The molecule has 3 heteroatoms. The van der Waals surface area contributed by atoms with Gasteiger partial charge in [0.2, 0.25) is 0 Å². The van der Waals surface area contributed by atoms with Gasteiger partial charge in [-0.25, -0.2) is 4.98 Å². The van der Waals surface area contributed by atoms with Crippen molar-refractivity contribution in [3.05, 3.63) is 36.0 Å². The second-order valence-electron chi connectivity index (χ2n) is 4.37. The second-order valence-corrected chi connectivity index (χ2v) is 4.37. The SMILES string of the molecule is COc1cccc2ccc(CNC(C)C)nc12. The van der Waals surface area contributed by atoms with E-state index in [4.69, 9.17) is 4.74 Å². The van der Waals surface area contributed by atoms with Gasteiger partial charge in [-0.3, -0.25) is 0 Å². The highest BCUT2D eigenvalue weighted by molar-refractivity contribution is 5.84. The molecule has 17 heavy (non-hydrogen) atoms. The fraction of sp³-hybridized carbons (Fsp3) is 0.357. The Bertz CT molecular complexity index is 509. The lowest BCUT2D eigenvalue weighted by atomic mass is 10.2. The number of hydrogen-bond acceptors (Lipinski definition) is 3. The molecule has 0 saturated carbocycles. The molecule has 3 nitrogen and oxygen atoms in total. The molecule has 2 aromatic rings. The molecule has 0 aliphatic carbocycles. The lowest BCUT2D eigenvalue weighted by molar-refractivity contribution is 0.418. The molecule has 0 atom stereocenters. The molecule has 1 N–H and O–H groups in total. The third kappa shape index (κ3) is 2.74.